The molecular weight excluding hydrogens is 404 g/mol. The van der Waals surface area contributed by atoms with Gasteiger partial charge in [-0.05, 0) is 47.4 Å². The van der Waals surface area contributed by atoms with Crippen molar-refractivity contribution < 1.29 is 19.9 Å². The summed E-state index contributed by atoms with van der Waals surface area (Å²) in [5, 5.41) is 26.9. The third-order valence-electron chi connectivity index (χ3n) is 3.88. The highest BCUT2D eigenvalue weighted by atomic mass is 32.1. The third-order valence-corrected chi connectivity index (χ3v) is 4.70. The van der Waals surface area contributed by atoms with Crippen molar-refractivity contribution in [3.8, 4) is 5.75 Å². The minimum absolute atomic E-state index is 0.0335. The number of hydrogen-bond acceptors (Lipinski definition) is 7. The van der Waals surface area contributed by atoms with Gasteiger partial charge in [0, 0.05) is 10.4 Å². The second kappa shape index (κ2) is 10.0. The van der Waals surface area contributed by atoms with Gasteiger partial charge < -0.3 is 10.4 Å². The van der Waals surface area contributed by atoms with Crippen LogP contribution in [-0.2, 0) is 4.79 Å². The molecule has 9 heteroatoms. The van der Waals surface area contributed by atoms with Gasteiger partial charge in [-0.15, -0.1) is 11.3 Å². The van der Waals surface area contributed by atoms with E-state index in [4.69, 9.17) is 5.21 Å². The summed E-state index contributed by atoms with van der Waals surface area (Å²) in [5.41, 5.74) is 5.29. The highest BCUT2D eigenvalue weighted by Crippen LogP contribution is 2.22. The number of carbonyl (C=O) groups is 2. The molecule has 0 radical (unpaired) electrons. The van der Waals surface area contributed by atoms with Crippen LogP contribution in [0, 0.1) is 0 Å². The molecule has 2 aromatic carbocycles. The molecule has 0 aliphatic heterocycles. The van der Waals surface area contributed by atoms with Crippen molar-refractivity contribution in [2.24, 2.45) is 5.10 Å². The number of amides is 2. The predicted octanol–water partition coefficient (Wildman–Crippen LogP) is 3.18. The van der Waals surface area contributed by atoms with Crippen LogP contribution in [0.3, 0.4) is 0 Å². The fourth-order valence-electron chi connectivity index (χ4n) is 2.41. The lowest BCUT2D eigenvalue weighted by atomic mass is 10.2. The zero-order chi connectivity index (χ0) is 21.3. The van der Waals surface area contributed by atoms with Crippen LogP contribution in [-0.4, -0.2) is 28.3 Å². The van der Waals surface area contributed by atoms with Gasteiger partial charge >= 0.3 is 0 Å². The molecule has 8 nitrogen and oxygen atoms in total. The Morgan fingerprint density at radius 1 is 1.03 bits per heavy atom. The topological polar surface area (TPSA) is 123 Å². The fourth-order valence-corrected chi connectivity index (χ4v) is 3.06. The Hall–Kier alpha value is -3.95. The minimum atomic E-state index is -0.609. The van der Waals surface area contributed by atoms with Gasteiger partial charge in [-0.3, -0.25) is 20.3 Å². The molecule has 1 heterocycles. The maximum absolute atomic E-state index is 12.6. The minimum Gasteiger partial charge on any atom is -0.506 e. The summed E-state index contributed by atoms with van der Waals surface area (Å²) < 4.78 is 0. The summed E-state index contributed by atoms with van der Waals surface area (Å²) in [5.74, 6) is -1.21. The number of carbonyl (C=O) groups excluding carboxylic acids is 2. The summed E-state index contributed by atoms with van der Waals surface area (Å²) in [4.78, 5) is 25.8. The normalized spacial score (nSPS) is 11.3. The third kappa shape index (κ3) is 5.53. The molecule has 1 aromatic heterocycles. The van der Waals surface area contributed by atoms with Gasteiger partial charge in [0.05, 0.1) is 6.21 Å². The first-order valence-electron chi connectivity index (χ1n) is 8.75. The summed E-state index contributed by atoms with van der Waals surface area (Å²) in [6, 6.07) is 16.6. The standard InChI is InChI=1S/C21H18N4O4S/c26-19-11-14(8-9-17(19)25-29)13-22-24-21(28)18(12-16-7-4-10-30-16)23-20(27)15-5-2-1-3-6-15/h1-13,25-26,29H,(H,23,27)(H,24,28)/b18-12+,22-13+. The van der Waals surface area contributed by atoms with Gasteiger partial charge in [0.2, 0.25) is 0 Å². The first kappa shape index (κ1) is 20.8. The molecule has 0 bridgehead atoms. The quantitative estimate of drug-likeness (QED) is 0.173. The van der Waals surface area contributed by atoms with Gasteiger partial charge in [-0.2, -0.15) is 5.10 Å². The van der Waals surface area contributed by atoms with E-state index in [2.05, 4.69) is 15.8 Å². The Morgan fingerprint density at radius 2 is 1.83 bits per heavy atom. The first-order valence-corrected chi connectivity index (χ1v) is 9.63. The number of benzene rings is 2. The molecule has 2 amide bonds. The fraction of sp³-hybridized carbons (Fsp3) is 0. The van der Waals surface area contributed by atoms with Crippen LogP contribution in [0.25, 0.3) is 6.08 Å². The summed E-state index contributed by atoms with van der Waals surface area (Å²) in [7, 11) is 0. The molecule has 30 heavy (non-hydrogen) atoms. The maximum Gasteiger partial charge on any atom is 0.287 e. The molecule has 3 aromatic rings. The molecule has 0 aliphatic carbocycles. The van der Waals surface area contributed by atoms with E-state index in [-0.39, 0.29) is 17.1 Å². The molecular formula is C21H18N4O4S. The average molecular weight is 422 g/mol. The predicted molar refractivity (Wildman–Crippen MR) is 115 cm³/mol. The van der Waals surface area contributed by atoms with E-state index in [0.717, 1.165) is 4.88 Å². The van der Waals surface area contributed by atoms with E-state index in [1.807, 2.05) is 23.0 Å². The lowest BCUT2D eigenvalue weighted by molar-refractivity contribution is -0.117. The number of phenolic OH excluding ortho intramolecular Hbond substituents is 1. The molecule has 0 saturated heterocycles. The van der Waals surface area contributed by atoms with Crippen LogP contribution in [0.1, 0.15) is 20.8 Å². The van der Waals surface area contributed by atoms with Crippen molar-refractivity contribution in [1.29, 1.82) is 0 Å². The van der Waals surface area contributed by atoms with Crippen molar-refractivity contribution in [2.75, 3.05) is 5.48 Å². The molecule has 3 rings (SSSR count). The number of rotatable bonds is 7. The van der Waals surface area contributed by atoms with E-state index in [1.54, 1.807) is 42.5 Å². The lowest BCUT2D eigenvalue weighted by Gasteiger charge is -2.08. The number of nitrogens with one attached hydrogen (secondary N) is 3. The zero-order valence-corrected chi connectivity index (χ0v) is 16.4. The van der Waals surface area contributed by atoms with E-state index < -0.39 is 11.8 Å². The van der Waals surface area contributed by atoms with Gasteiger partial charge in [0.25, 0.3) is 11.8 Å². The van der Waals surface area contributed by atoms with Crippen molar-refractivity contribution in [2.45, 2.75) is 0 Å². The number of hydrogen-bond donors (Lipinski definition) is 5. The molecule has 0 aliphatic rings. The van der Waals surface area contributed by atoms with Gasteiger partial charge in [-0.1, -0.05) is 30.3 Å². The largest absolute Gasteiger partial charge is 0.506 e. The number of phenols is 1. The van der Waals surface area contributed by atoms with E-state index >= 15 is 0 Å². The van der Waals surface area contributed by atoms with E-state index in [1.165, 1.54) is 29.7 Å². The van der Waals surface area contributed by atoms with Crippen LogP contribution >= 0.6 is 11.3 Å². The molecule has 0 unspecified atom stereocenters. The highest BCUT2D eigenvalue weighted by Gasteiger charge is 2.14. The number of thiophene rings is 1. The Balaban J connectivity index is 1.73. The lowest BCUT2D eigenvalue weighted by Crippen LogP contribution is -2.32. The van der Waals surface area contributed by atoms with Gasteiger partial charge in [0.1, 0.15) is 17.1 Å². The van der Waals surface area contributed by atoms with Gasteiger partial charge in [0.15, 0.2) is 0 Å². The molecule has 5 N–H and O–H groups in total. The van der Waals surface area contributed by atoms with Crippen molar-refractivity contribution in [1.82, 2.24) is 10.7 Å². The Kier molecular flexibility index (Phi) is 6.93. The zero-order valence-electron chi connectivity index (χ0n) is 15.6. The van der Waals surface area contributed by atoms with Crippen LogP contribution < -0.4 is 16.2 Å². The molecule has 152 valence electrons. The van der Waals surface area contributed by atoms with Crippen molar-refractivity contribution >= 4 is 41.1 Å². The summed E-state index contributed by atoms with van der Waals surface area (Å²) >= 11 is 1.42. The van der Waals surface area contributed by atoms with Gasteiger partial charge in [-0.25, -0.2) is 5.43 Å². The second-order valence-electron chi connectivity index (χ2n) is 5.98. The monoisotopic (exact) mass is 422 g/mol. The number of anilines is 1. The van der Waals surface area contributed by atoms with Crippen LogP contribution in [0.2, 0.25) is 0 Å². The summed E-state index contributed by atoms with van der Waals surface area (Å²) in [6.45, 7) is 0. The highest BCUT2D eigenvalue weighted by molar-refractivity contribution is 7.10. The SMILES string of the molecule is O=C(N/N=C/c1ccc(NO)c(O)c1)/C(=C\c1cccs1)NC(=O)c1ccccc1. The Bertz CT molecular complexity index is 1080. The van der Waals surface area contributed by atoms with E-state index in [0.29, 0.717) is 11.1 Å². The van der Waals surface area contributed by atoms with Crippen LogP contribution in [0.4, 0.5) is 5.69 Å². The Labute approximate surface area is 176 Å². The average Bonchev–Trinajstić information content (AvgIpc) is 3.27. The van der Waals surface area contributed by atoms with Crippen LogP contribution in [0.5, 0.6) is 5.75 Å². The van der Waals surface area contributed by atoms with Crippen molar-refractivity contribution in [3.05, 3.63) is 87.7 Å². The van der Waals surface area contributed by atoms with Crippen LogP contribution in [0.15, 0.2) is 76.8 Å². The number of hydrazone groups is 1. The molecule has 0 fully saturated rings. The number of aromatic hydroxyl groups is 1. The molecule has 0 spiro atoms. The van der Waals surface area contributed by atoms with Crippen molar-refractivity contribution in [3.63, 3.8) is 0 Å². The first-order chi connectivity index (χ1) is 14.6. The summed E-state index contributed by atoms with van der Waals surface area (Å²) in [6.07, 6.45) is 2.88. The Morgan fingerprint density at radius 3 is 2.50 bits per heavy atom. The van der Waals surface area contributed by atoms with E-state index in [9.17, 15) is 14.7 Å². The molecule has 0 saturated carbocycles. The smallest absolute Gasteiger partial charge is 0.287 e. The second-order valence-corrected chi connectivity index (χ2v) is 6.96. The molecule has 0 atom stereocenters. The maximum atomic E-state index is 12.6. The number of nitrogens with zero attached hydrogens (tertiary/aromatic N) is 1.